The van der Waals surface area contributed by atoms with Gasteiger partial charge < -0.3 is 4.98 Å². The Bertz CT molecular complexity index is 1150. The molecule has 1 N–H and O–H groups in total. The SMILES string of the molecule is CC(=O)c1ccc2[nH]c3ccccc3c2c1C(=O)c1ccccc1C. The Kier molecular flexibility index (Phi) is 3.50. The molecule has 0 unspecified atom stereocenters. The topological polar surface area (TPSA) is 49.9 Å². The first-order valence-corrected chi connectivity index (χ1v) is 8.22. The highest BCUT2D eigenvalue weighted by molar-refractivity contribution is 6.27. The molecule has 0 saturated carbocycles. The first-order valence-electron chi connectivity index (χ1n) is 8.22. The van der Waals surface area contributed by atoms with Gasteiger partial charge in [0.05, 0.1) is 0 Å². The molecule has 4 aromatic rings. The van der Waals surface area contributed by atoms with Crippen molar-refractivity contribution in [3.05, 3.63) is 82.9 Å². The lowest BCUT2D eigenvalue weighted by Gasteiger charge is -2.10. The van der Waals surface area contributed by atoms with Crippen molar-refractivity contribution in [2.24, 2.45) is 0 Å². The Morgan fingerprint density at radius 2 is 1.52 bits per heavy atom. The zero-order valence-electron chi connectivity index (χ0n) is 14.1. The van der Waals surface area contributed by atoms with Gasteiger partial charge in [-0.1, -0.05) is 42.5 Å². The minimum absolute atomic E-state index is 0.107. The maximum atomic E-state index is 13.4. The number of hydrogen-bond donors (Lipinski definition) is 1. The summed E-state index contributed by atoms with van der Waals surface area (Å²) in [6.45, 7) is 3.42. The van der Waals surface area contributed by atoms with Gasteiger partial charge in [-0.05, 0) is 37.6 Å². The van der Waals surface area contributed by atoms with E-state index in [1.54, 1.807) is 6.07 Å². The van der Waals surface area contributed by atoms with E-state index in [1.807, 2.05) is 61.5 Å². The number of nitrogens with one attached hydrogen (secondary N) is 1. The number of aryl methyl sites for hydroxylation is 1. The average molecular weight is 327 g/mol. The summed E-state index contributed by atoms with van der Waals surface area (Å²) in [6.07, 6.45) is 0. The van der Waals surface area contributed by atoms with Crippen LogP contribution in [0.1, 0.15) is 38.8 Å². The lowest BCUT2D eigenvalue weighted by atomic mass is 9.90. The summed E-state index contributed by atoms with van der Waals surface area (Å²) in [5.41, 5.74) is 4.30. The lowest BCUT2D eigenvalue weighted by molar-refractivity contribution is 0.0991. The highest BCUT2D eigenvalue weighted by Gasteiger charge is 2.22. The van der Waals surface area contributed by atoms with Crippen molar-refractivity contribution >= 4 is 33.4 Å². The van der Waals surface area contributed by atoms with Crippen molar-refractivity contribution in [3.8, 4) is 0 Å². The molecule has 25 heavy (non-hydrogen) atoms. The fourth-order valence-electron chi connectivity index (χ4n) is 3.43. The highest BCUT2D eigenvalue weighted by atomic mass is 16.1. The molecule has 0 radical (unpaired) electrons. The number of carbonyl (C=O) groups excluding carboxylic acids is 2. The van der Waals surface area contributed by atoms with E-state index in [0.717, 1.165) is 27.4 Å². The second-order valence-electron chi connectivity index (χ2n) is 6.28. The normalized spacial score (nSPS) is 11.1. The molecule has 0 aliphatic heterocycles. The van der Waals surface area contributed by atoms with Crippen LogP contribution in [0.4, 0.5) is 0 Å². The summed E-state index contributed by atoms with van der Waals surface area (Å²) in [6, 6.07) is 19.0. The molecule has 0 atom stereocenters. The van der Waals surface area contributed by atoms with Crippen LogP contribution >= 0.6 is 0 Å². The fraction of sp³-hybridized carbons (Fsp3) is 0.0909. The van der Waals surface area contributed by atoms with Crippen LogP contribution in [0.25, 0.3) is 21.8 Å². The molecule has 1 aromatic heterocycles. The smallest absolute Gasteiger partial charge is 0.194 e. The number of carbonyl (C=O) groups is 2. The second-order valence-corrected chi connectivity index (χ2v) is 6.28. The van der Waals surface area contributed by atoms with Gasteiger partial charge in [-0.15, -0.1) is 0 Å². The van der Waals surface area contributed by atoms with Crippen LogP contribution in [0, 0.1) is 6.92 Å². The van der Waals surface area contributed by atoms with Crippen LogP contribution in [0.2, 0.25) is 0 Å². The Labute approximate surface area is 145 Å². The molecule has 0 saturated heterocycles. The van der Waals surface area contributed by atoms with E-state index in [1.165, 1.54) is 6.92 Å². The van der Waals surface area contributed by atoms with Crippen molar-refractivity contribution in [1.29, 1.82) is 0 Å². The number of benzene rings is 3. The van der Waals surface area contributed by atoms with Crippen LogP contribution in [0.15, 0.2) is 60.7 Å². The van der Waals surface area contributed by atoms with Crippen LogP contribution in [-0.2, 0) is 0 Å². The molecule has 0 bridgehead atoms. The molecule has 0 spiro atoms. The zero-order valence-corrected chi connectivity index (χ0v) is 14.1. The molecule has 0 aliphatic carbocycles. The van der Waals surface area contributed by atoms with E-state index >= 15 is 0 Å². The number of aromatic amines is 1. The molecule has 0 amide bonds. The molecule has 1 heterocycles. The third kappa shape index (κ3) is 2.36. The number of H-pyrrole nitrogens is 1. The fourth-order valence-corrected chi connectivity index (χ4v) is 3.43. The number of rotatable bonds is 3. The molecular formula is C22H17NO2. The van der Waals surface area contributed by atoms with Crippen molar-refractivity contribution in [2.45, 2.75) is 13.8 Å². The van der Waals surface area contributed by atoms with Crippen molar-refractivity contribution in [1.82, 2.24) is 4.98 Å². The van der Waals surface area contributed by atoms with E-state index in [9.17, 15) is 9.59 Å². The Morgan fingerprint density at radius 1 is 0.800 bits per heavy atom. The molecule has 3 aromatic carbocycles. The van der Waals surface area contributed by atoms with Crippen LogP contribution in [0.5, 0.6) is 0 Å². The number of para-hydroxylation sites is 1. The summed E-state index contributed by atoms with van der Waals surface area (Å²) in [5, 5.41) is 1.77. The van der Waals surface area contributed by atoms with Gasteiger partial charge in [-0.25, -0.2) is 0 Å². The van der Waals surface area contributed by atoms with Gasteiger partial charge in [0.25, 0.3) is 0 Å². The molecule has 3 nitrogen and oxygen atoms in total. The number of ketones is 2. The minimum Gasteiger partial charge on any atom is -0.354 e. The van der Waals surface area contributed by atoms with Crippen molar-refractivity contribution in [2.75, 3.05) is 0 Å². The summed E-state index contributed by atoms with van der Waals surface area (Å²) >= 11 is 0. The van der Waals surface area contributed by atoms with Crippen LogP contribution in [0.3, 0.4) is 0 Å². The van der Waals surface area contributed by atoms with E-state index in [2.05, 4.69) is 4.98 Å². The Morgan fingerprint density at radius 3 is 2.28 bits per heavy atom. The van der Waals surface area contributed by atoms with Crippen molar-refractivity contribution in [3.63, 3.8) is 0 Å². The van der Waals surface area contributed by atoms with Gasteiger partial charge in [0.1, 0.15) is 0 Å². The Balaban J connectivity index is 2.13. The number of aromatic nitrogens is 1. The van der Waals surface area contributed by atoms with Crippen molar-refractivity contribution < 1.29 is 9.59 Å². The van der Waals surface area contributed by atoms with Gasteiger partial charge in [-0.2, -0.15) is 0 Å². The highest BCUT2D eigenvalue weighted by Crippen LogP contribution is 2.32. The van der Waals surface area contributed by atoms with E-state index < -0.39 is 0 Å². The summed E-state index contributed by atoms with van der Waals surface area (Å²) < 4.78 is 0. The molecular weight excluding hydrogens is 310 g/mol. The van der Waals surface area contributed by atoms with E-state index in [-0.39, 0.29) is 11.6 Å². The standard InChI is InChI=1S/C22H17NO2/c1-13-7-3-4-8-15(13)22(25)21-16(14(2)24)11-12-19-20(21)17-9-5-6-10-18(17)23-19/h3-12,23H,1-2H3. The lowest BCUT2D eigenvalue weighted by Crippen LogP contribution is -2.10. The number of Topliss-reactive ketones (excluding diaryl/α,β-unsaturated/α-hetero) is 1. The van der Waals surface area contributed by atoms with Crippen LogP contribution < -0.4 is 0 Å². The van der Waals surface area contributed by atoms with Gasteiger partial charge in [0.2, 0.25) is 0 Å². The minimum atomic E-state index is -0.112. The average Bonchev–Trinajstić information content (AvgIpc) is 2.99. The van der Waals surface area contributed by atoms with Gasteiger partial charge in [0, 0.05) is 38.5 Å². The maximum Gasteiger partial charge on any atom is 0.194 e. The molecule has 0 fully saturated rings. The third-order valence-corrected chi connectivity index (χ3v) is 4.67. The first-order chi connectivity index (χ1) is 12.1. The molecule has 3 heteroatoms. The summed E-state index contributed by atoms with van der Waals surface area (Å²) in [7, 11) is 0. The third-order valence-electron chi connectivity index (χ3n) is 4.67. The number of hydrogen-bond acceptors (Lipinski definition) is 2. The van der Waals surface area contributed by atoms with Gasteiger partial charge in [0.15, 0.2) is 11.6 Å². The van der Waals surface area contributed by atoms with E-state index in [0.29, 0.717) is 16.7 Å². The second kappa shape index (κ2) is 5.71. The largest absolute Gasteiger partial charge is 0.354 e. The predicted molar refractivity (Wildman–Crippen MR) is 100 cm³/mol. The number of fused-ring (bicyclic) bond motifs is 3. The quantitative estimate of drug-likeness (QED) is 0.534. The van der Waals surface area contributed by atoms with Gasteiger partial charge in [-0.3, -0.25) is 9.59 Å². The zero-order chi connectivity index (χ0) is 17.6. The molecule has 0 aliphatic rings. The summed E-state index contributed by atoms with van der Waals surface area (Å²) in [4.78, 5) is 28.9. The first kappa shape index (κ1) is 15.3. The predicted octanol–water partition coefficient (Wildman–Crippen LogP) is 5.06. The summed E-state index contributed by atoms with van der Waals surface area (Å²) in [5.74, 6) is -0.220. The Hall–Kier alpha value is -3.20. The monoisotopic (exact) mass is 327 g/mol. The maximum absolute atomic E-state index is 13.4. The van der Waals surface area contributed by atoms with Crippen LogP contribution in [-0.4, -0.2) is 16.6 Å². The molecule has 4 rings (SSSR count). The molecule has 122 valence electrons. The van der Waals surface area contributed by atoms with E-state index in [4.69, 9.17) is 0 Å². The van der Waals surface area contributed by atoms with Gasteiger partial charge >= 0.3 is 0 Å².